The molecule has 188 valence electrons. The molecule has 0 aromatic heterocycles. The van der Waals surface area contributed by atoms with Gasteiger partial charge in [0, 0.05) is 23.5 Å². The molecule has 3 aromatic rings. The summed E-state index contributed by atoms with van der Waals surface area (Å²) in [4.78, 5) is 0. The first-order chi connectivity index (χ1) is 16.7. The van der Waals surface area contributed by atoms with Crippen molar-refractivity contribution >= 4 is 19.7 Å². The Kier molecular flexibility index (Phi) is 8.90. The quantitative estimate of drug-likeness (QED) is 0.272. The van der Waals surface area contributed by atoms with E-state index in [0.29, 0.717) is 23.2 Å². The summed E-state index contributed by atoms with van der Waals surface area (Å²) in [5, 5.41) is 3.53. The molecule has 1 N–H and O–H groups in total. The van der Waals surface area contributed by atoms with E-state index in [1.54, 1.807) is 7.11 Å². The molecule has 35 heavy (non-hydrogen) atoms. The molecule has 3 aromatic carbocycles. The Hall–Kier alpha value is -2.92. The highest BCUT2D eigenvalue weighted by molar-refractivity contribution is 6.78. The van der Waals surface area contributed by atoms with Crippen LogP contribution in [0.25, 0.3) is 0 Å². The lowest BCUT2D eigenvalue weighted by atomic mass is 10.2. The molecular weight excluding hydrogens is 450 g/mol. The van der Waals surface area contributed by atoms with Crippen LogP contribution in [-0.4, -0.2) is 15.4 Å². The van der Waals surface area contributed by atoms with Crippen molar-refractivity contribution in [2.45, 2.75) is 71.7 Å². The van der Waals surface area contributed by atoms with Crippen molar-refractivity contribution in [2.75, 3.05) is 12.4 Å². The molecule has 0 saturated carbocycles. The fraction of sp³-hybridized carbons (Fsp3) is 0.400. The summed E-state index contributed by atoms with van der Waals surface area (Å²) in [6, 6.07) is 22.5. The van der Waals surface area contributed by atoms with Crippen molar-refractivity contribution in [1.82, 2.24) is 0 Å². The van der Waals surface area contributed by atoms with Gasteiger partial charge in [0.15, 0.2) is 5.75 Å². The summed E-state index contributed by atoms with van der Waals surface area (Å²) in [6.07, 6.45) is 0. The number of aryl methyl sites for hydroxylation is 1. The third kappa shape index (κ3) is 6.20. The third-order valence-corrected chi connectivity index (χ3v) is 12.9. The smallest absolute Gasteiger partial charge is 0.258 e. The van der Waals surface area contributed by atoms with Crippen molar-refractivity contribution < 1.29 is 13.9 Å². The minimum Gasteiger partial charge on any atom is -0.540 e. The van der Waals surface area contributed by atoms with Gasteiger partial charge in [-0.15, -0.1) is 0 Å². The molecule has 0 aliphatic rings. The first-order valence-corrected chi connectivity index (χ1v) is 14.7. The second-order valence-corrected chi connectivity index (χ2v) is 15.5. The van der Waals surface area contributed by atoms with E-state index in [4.69, 9.17) is 13.9 Å². The summed E-state index contributed by atoms with van der Waals surface area (Å²) in [5.74, 6) is 2.45. The monoisotopic (exact) mass is 491 g/mol. The molecule has 0 aliphatic carbocycles. The van der Waals surface area contributed by atoms with Gasteiger partial charge in [-0.2, -0.15) is 0 Å². The maximum atomic E-state index is 6.97. The largest absolute Gasteiger partial charge is 0.540 e. The highest BCUT2D eigenvalue weighted by Crippen LogP contribution is 2.45. The van der Waals surface area contributed by atoms with E-state index in [0.717, 1.165) is 39.8 Å². The number of nitrogens with one attached hydrogen (secondary N) is 1. The van der Waals surface area contributed by atoms with E-state index in [-0.39, 0.29) is 0 Å². The fourth-order valence-electron chi connectivity index (χ4n) is 5.11. The van der Waals surface area contributed by atoms with E-state index in [2.05, 4.69) is 90.2 Å². The number of anilines is 2. The van der Waals surface area contributed by atoms with Crippen LogP contribution in [0.15, 0.2) is 66.7 Å². The van der Waals surface area contributed by atoms with Gasteiger partial charge in [-0.1, -0.05) is 77.9 Å². The number of hydrogen-bond acceptors (Lipinski definition) is 4. The number of benzene rings is 3. The summed E-state index contributed by atoms with van der Waals surface area (Å²) in [7, 11) is -0.415. The van der Waals surface area contributed by atoms with Gasteiger partial charge >= 0.3 is 0 Å². The Morgan fingerprint density at radius 3 is 1.86 bits per heavy atom. The molecule has 0 fully saturated rings. The Labute approximate surface area is 212 Å². The zero-order valence-electron chi connectivity index (χ0n) is 22.5. The van der Waals surface area contributed by atoms with Crippen LogP contribution >= 0.6 is 0 Å². The standard InChI is InChI=1S/C30H41NO3Si/c1-21(2)35(22(3)4,23(5)6)34-30-19-27(16-17-28(30)32-8)31-26-15-14-24(7)29(18-26)33-20-25-12-10-9-11-13-25/h9-19,21-23,31H,20H2,1-8H3. The van der Waals surface area contributed by atoms with Crippen molar-refractivity contribution in [2.24, 2.45) is 0 Å². The van der Waals surface area contributed by atoms with Crippen molar-refractivity contribution in [3.8, 4) is 17.2 Å². The molecule has 0 unspecified atom stereocenters. The van der Waals surface area contributed by atoms with E-state index in [1.807, 2.05) is 30.3 Å². The summed E-state index contributed by atoms with van der Waals surface area (Å²) in [5.41, 5.74) is 5.61. The molecule has 0 atom stereocenters. The average molecular weight is 492 g/mol. The van der Waals surface area contributed by atoms with Crippen LogP contribution in [0.3, 0.4) is 0 Å². The van der Waals surface area contributed by atoms with Gasteiger partial charge in [-0.25, -0.2) is 0 Å². The molecule has 0 heterocycles. The lowest BCUT2D eigenvalue weighted by Crippen LogP contribution is -2.50. The molecular formula is C30H41NO3Si. The highest BCUT2D eigenvalue weighted by atomic mass is 28.4. The average Bonchev–Trinajstić information content (AvgIpc) is 2.83. The van der Waals surface area contributed by atoms with Gasteiger partial charge in [-0.05, 0) is 52.9 Å². The SMILES string of the molecule is COc1ccc(Nc2ccc(C)c(OCc3ccccc3)c2)cc1O[Si](C(C)C)(C(C)C)C(C)C. The van der Waals surface area contributed by atoms with Gasteiger partial charge in [-0.3, -0.25) is 0 Å². The maximum absolute atomic E-state index is 6.97. The molecule has 4 nitrogen and oxygen atoms in total. The van der Waals surface area contributed by atoms with Gasteiger partial charge in [0.05, 0.1) is 7.11 Å². The second-order valence-electron chi connectivity index (χ2n) is 10.2. The molecule has 0 amide bonds. The van der Waals surface area contributed by atoms with Gasteiger partial charge in [0.25, 0.3) is 8.32 Å². The lowest BCUT2D eigenvalue weighted by Gasteiger charge is -2.42. The zero-order valence-corrected chi connectivity index (χ0v) is 23.5. The summed E-state index contributed by atoms with van der Waals surface area (Å²) < 4.78 is 18.8. The Balaban J connectivity index is 1.86. The second kappa shape index (κ2) is 11.7. The van der Waals surface area contributed by atoms with E-state index < -0.39 is 8.32 Å². The topological polar surface area (TPSA) is 39.7 Å². The zero-order chi connectivity index (χ0) is 25.6. The van der Waals surface area contributed by atoms with Crippen molar-refractivity contribution in [1.29, 1.82) is 0 Å². The van der Waals surface area contributed by atoms with Crippen LogP contribution in [0.1, 0.15) is 52.7 Å². The Morgan fingerprint density at radius 1 is 0.714 bits per heavy atom. The molecule has 0 spiro atoms. The van der Waals surface area contributed by atoms with Crippen LogP contribution in [0.4, 0.5) is 11.4 Å². The molecule has 0 saturated heterocycles. The van der Waals surface area contributed by atoms with Crippen LogP contribution in [0.2, 0.25) is 16.6 Å². The molecule has 5 heteroatoms. The first-order valence-electron chi connectivity index (χ1n) is 12.6. The Morgan fingerprint density at radius 2 is 1.29 bits per heavy atom. The van der Waals surface area contributed by atoms with Crippen LogP contribution in [0.5, 0.6) is 17.2 Å². The minimum absolute atomic E-state index is 0.477. The van der Waals surface area contributed by atoms with Gasteiger partial charge in [0.2, 0.25) is 0 Å². The fourth-order valence-corrected chi connectivity index (χ4v) is 10.4. The van der Waals surface area contributed by atoms with Crippen LogP contribution < -0.4 is 19.2 Å². The lowest BCUT2D eigenvalue weighted by molar-refractivity contribution is 0.304. The number of hydrogen-bond donors (Lipinski definition) is 1. The van der Waals surface area contributed by atoms with Crippen LogP contribution in [0, 0.1) is 6.92 Å². The molecule has 0 bridgehead atoms. The van der Waals surface area contributed by atoms with Gasteiger partial charge in [0.1, 0.15) is 18.1 Å². The summed E-state index contributed by atoms with van der Waals surface area (Å²) >= 11 is 0. The number of ether oxygens (including phenoxy) is 2. The molecule has 0 radical (unpaired) electrons. The predicted octanol–water partition coefficient (Wildman–Crippen LogP) is 8.88. The Bertz CT molecular complexity index is 1070. The normalized spacial score (nSPS) is 11.7. The third-order valence-electron chi connectivity index (χ3n) is 6.87. The molecule has 3 rings (SSSR count). The van der Waals surface area contributed by atoms with Gasteiger partial charge < -0.3 is 19.2 Å². The highest BCUT2D eigenvalue weighted by Gasteiger charge is 2.47. The van der Waals surface area contributed by atoms with Crippen molar-refractivity contribution in [3.63, 3.8) is 0 Å². The van der Waals surface area contributed by atoms with E-state index in [9.17, 15) is 0 Å². The first kappa shape index (κ1) is 26.7. The van der Waals surface area contributed by atoms with E-state index >= 15 is 0 Å². The molecule has 0 aliphatic heterocycles. The van der Waals surface area contributed by atoms with Crippen molar-refractivity contribution in [3.05, 3.63) is 77.9 Å². The number of methoxy groups -OCH3 is 1. The predicted molar refractivity (Wildman–Crippen MR) is 150 cm³/mol. The maximum Gasteiger partial charge on any atom is 0.258 e. The van der Waals surface area contributed by atoms with Crippen LogP contribution in [-0.2, 0) is 6.61 Å². The summed E-state index contributed by atoms with van der Waals surface area (Å²) in [6.45, 7) is 16.4. The minimum atomic E-state index is -2.12. The van der Waals surface area contributed by atoms with E-state index in [1.165, 1.54) is 0 Å². The number of rotatable bonds is 11.